The summed E-state index contributed by atoms with van der Waals surface area (Å²) in [6, 6.07) is 12.8. The van der Waals surface area contributed by atoms with E-state index in [-0.39, 0.29) is 30.7 Å². The van der Waals surface area contributed by atoms with Crippen molar-refractivity contribution in [2.45, 2.75) is 38.9 Å². The molecule has 2 amide bonds. The number of para-hydroxylation sites is 1. The Morgan fingerprint density at radius 1 is 1.19 bits per heavy atom. The van der Waals surface area contributed by atoms with Crippen molar-refractivity contribution in [3.8, 4) is 5.75 Å². The van der Waals surface area contributed by atoms with Crippen molar-refractivity contribution >= 4 is 11.8 Å². The molecule has 0 aliphatic carbocycles. The van der Waals surface area contributed by atoms with E-state index < -0.39 is 17.4 Å². The van der Waals surface area contributed by atoms with Crippen LogP contribution in [0.3, 0.4) is 0 Å². The molecule has 1 unspecified atom stereocenters. The second-order valence-corrected chi connectivity index (χ2v) is 7.60. The SMILES string of the molecule is CC(C)(C)NC(=O)C1c2cccc(F)c2OCC(=O)N1Cc1ccccc1. The van der Waals surface area contributed by atoms with Gasteiger partial charge in [0, 0.05) is 17.6 Å². The number of hydrogen-bond donors (Lipinski definition) is 1. The normalized spacial score (nSPS) is 17.0. The molecule has 0 saturated carbocycles. The first-order chi connectivity index (χ1) is 12.8. The molecule has 142 valence electrons. The van der Waals surface area contributed by atoms with Crippen molar-refractivity contribution in [1.82, 2.24) is 10.2 Å². The fraction of sp³-hybridized carbons (Fsp3) is 0.333. The monoisotopic (exact) mass is 370 g/mol. The van der Waals surface area contributed by atoms with Crippen molar-refractivity contribution in [3.05, 3.63) is 65.5 Å². The molecule has 0 saturated heterocycles. The minimum absolute atomic E-state index is 0.0459. The molecular weight excluding hydrogens is 347 g/mol. The van der Waals surface area contributed by atoms with Gasteiger partial charge >= 0.3 is 0 Å². The summed E-state index contributed by atoms with van der Waals surface area (Å²) in [5, 5.41) is 2.90. The van der Waals surface area contributed by atoms with Gasteiger partial charge in [0.1, 0.15) is 6.04 Å². The number of carbonyl (C=O) groups is 2. The lowest BCUT2D eigenvalue weighted by molar-refractivity contribution is -0.142. The quantitative estimate of drug-likeness (QED) is 0.903. The van der Waals surface area contributed by atoms with E-state index >= 15 is 0 Å². The van der Waals surface area contributed by atoms with Crippen LogP contribution in [0.15, 0.2) is 48.5 Å². The first-order valence-corrected chi connectivity index (χ1v) is 8.83. The minimum Gasteiger partial charge on any atom is -0.480 e. The second-order valence-electron chi connectivity index (χ2n) is 7.60. The lowest BCUT2D eigenvalue weighted by Gasteiger charge is -2.32. The smallest absolute Gasteiger partial charge is 0.261 e. The molecule has 0 radical (unpaired) electrons. The topological polar surface area (TPSA) is 58.6 Å². The van der Waals surface area contributed by atoms with Crippen LogP contribution in [-0.4, -0.2) is 28.9 Å². The number of fused-ring (bicyclic) bond motifs is 1. The average Bonchev–Trinajstić information content (AvgIpc) is 2.73. The Kier molecular flexibility index (Phi) is 5.17. The Bertz CT molecular complexity index is 846. The van der Waals surface area contributed by atoms with E-state index in [1.54, 1.807) is 6.07 Å². The number of nitrogens with zero attached hydrogens (tertiary/aromatic N) is 1. The largest absolute Gasteiger partial charge is 0.480 e. The van der Waals surface area contributed by atoms with Crippen LogP contribution in [0, 0.1) is 5.82 Å². The summed E-state index contributed by atoms with van der Waals surface area (Å²) < 4.78 is 19.7. The third-order valence-corrected chi connectivity index (χ3v) is 4.21. The van der Waals surface area contributed by atoms with E-state index in [2.05, 4.69) is 5.32 Å². The highest BCUT2D eigenvalue weighted by Gasteiger charge is 2.38. The standard InChI is InChI=1S/C21H23FN2O3/c1-21(2,3)23-20(26)18-15-10-7-11-16(22)19(15)27-13-17(25)24(18)12-14-8-5-4-6-9-14/h4-11,18H,12-13H2,1-3H3,(H,23,26). The van der Waals surface area contributed by atoms with E-state index in [1.807, 2.05) is 51.1 Å². The average molecular weight is 370 g/mol. The summed E-state index contributed by atoms with van der Waals surface area (Å²) in [6.45, 7) is 5.47. The number of hydrogen-bond acceptors (Lipinski definition) is 3. The van der Waals surface area contributed by atoms with E-state index in [4.69, 9.17) is 4.74 Å². The second kappa shape index (κ2) is 7.39. The van der Waals surface area contributed by atoms with Gasteiger partial charge in [0.2, 0.25) is 5.91 Å². The maximum Gasteiger partial charge on any atom is 0.261 e. The Labute approximate surface area is 158 Å². The lowest BCUT2D eigenvalue weighted by Crippen LogP contribution is -2.49. The number of halogens is 1. The van der Waals surface area contributed by atoms with Gasteiger partial charge in [-0.3, -0.25) is 9.59 Å². The highest BCUT2D eigenvalue weighted by Crippen LogP contribution is 2.35. The van der Waals surface area contributed by atoms with Gasteiger partial charge in [-0.1, -0.05) is 42.5 Å². The van der Waals surface area contributed by atoms with Crippen molar-refractivity contribution < 1.29 is 18.7 Å². The molecule has 2 aromatic rings. The van der Waals surface area contributed by atoms with E-state index in [1.165, 1.54) is 17.0 Å². The summed E-state index contributed by atoms with van der Waals surface area (Å²) in [6.07, 6.45) is 0. The summed E-state index contributed by atoms with van der Waals surface area (Å²) in [4.78, 5) is 27.3. The van der Waals surface area contributed by atoms with Gasteiger partial charge in [-0.15, -0.1) is 0 Å². The van der Waals surface area contributed by atoms with Gasteiger partial charge in [0.25, 0.3) is 5.91 Å². The summed E-state index contributed by atoms with van der Waals surface area (Å²) in [5.74, 6) is -1.38. The van der Waals surface area contributed by atoms with Crippen molar-refractivity contribution in [2.75, 3.05) is 6.61 Å². The molecular formula is C21H23FN2O3. The summed E-state index contributed by atoms with van der Waals surface area (Å²) in [7, 11) is 0. The van der Waals surface area contributed by atoms with Crippen LogP contribution in [0.4, 0.5) is 4.39 Å². The molecule has 1 N–H and O–H groups in total. The fourth-order valence-corrected chi connectivity index (χ4v) is 3.10. The first kappa shape index (κ1) is 18.9. The Morgan fingerprint density at radius 2 is 1.89 bits per heavy atom. The number of benzene rings is 2. The van der Waals surface area contributed by atoms with Gasteiger partial charge in [0.15, 0.2) is 18.2 Å². The predicted molar refractivity (Wildman–Crippen MR) is 99.5 cm³/mol. The number of carbonyl (C=O) groups excluding carboxylic acids is 2. The van der Waals surface area contributed by atoms with Crippen molar-refractivity contribution in [1.29, 1.82) is 0 Å². The number of rotatable bonds is 3. The minimum atomic E-state index is -0.981. The number of ether oxygens (including phenoxy) is 1. The molecule has 6 heteroatoms. The summed E-state index contributed by atoms with van der Waals surface area (Å²) in [5.41, 5.74) is 0.719. The Hall–Kier alpha value is -2.89. The van der Waals surface area contributed by atoms with Crippen LogP contribution in [0.25, 0.3) is 0 Å². The molecule has 1 heterocycles. The maximum absolute atomic E-state index is 14.3. The van der Waals surface area contributed by atoms with E-state index in [0.29, 0.717) is 5.56 Å². The molecule has 5 nitrogen and oxygen atoms in total. The molecule has 0 spiro atoms. The molecule has 1 atom stereocenters. The first-order valence-electron chi connectivity index (χ1n) is 8.83. The van der Waals surface area contributed by atoms with Crippen molar-refractivity contribution in [2.24, 2.45) is 0 Å². The Balaban J connectivity index is 2.07. The molecule has 0 fully saturated rings. The number of nitrogens with one attached hydrogen (secondary N) is 1. The molecule has 3 rings (SSSR count). The van der Waals surface area contributed by atoms with Crippen LogP contribution in [0.2, 0.25) is 0 Å². The third-order valence-electron chi connectivity index (χ3n) is 4.21. The van der Waals surface area contributed by atoms with Crippen LogP contribution in [0.5, 0.6) is 5.75 Å². The zero-order valence-electron chi connectivity index (χ0n) is 15.7. The zero-order valence-corrected chi connectivity index (χ0v) is 15.7. The maximum atomic E-state index is 14.3. The molecule has 1 aliphatic heterocycles. The molecule has 0 bridgehead atoms. The highest BCUT2D eigenvalue weighted by atomic mass is 19.1. The molecule has 1 aliphatic rings. The van der Waals surface area contributed by atoms with Gasteiger partial charge in [-0.25, -0.2) is 4.39 Å². The predicted octanol–water partition coefficient (Wildman–Crippen LogP) is 3.20. The molecule has 27 heavy (non-hydrogen) atoms. The Morgan fingerprint density at radius 3 is 2.56 bits per heavy atom. The van der Waals surface area contributed by atoms with Crippen LogP contribution >= 0.6 is 0 Å². The number of amides is 2. The summed E-state index contributed by atoms with van der Waals surface area (Å²) >= 11 is 0. The van der Waals surface area contributed by atoms with Crippen molar-refractivity contribution in [3.63, 3.8) is 0 Å². The van der Waals surface area contributed by atoms with Gasteiger partial charge < -0.3 is 15.0 Å². The van der Waals surface area contributed by atoms with Crippen LogP contribution in [-0.2, 0) is 16.1 Å². The molecule has 2 aromatic carbocycles. The van der Waals surface area contributed by atoms with Crippen LogP contribution < -0.4 is 10.1 Å². The van der Waals surface area contributed by atoms with E-state index in [0.717, 1.165) is 5.56 Å². The highest BCUT2D eigenvalue weighted by molar-refractivity contribution is 5.91. The van der Waals surface area contributed by atoms with Gasteiger partial charge in [-0.05, 0) is 32.4 Å². The third kappa shape index (κ3) is 4.27. The van der Waals surface area contributed by atoms with Gasteiger partial charge in [0.05, 0.1) is 0 Å². The van der Waals surface area contributed by atoms with Gasteiger partial charge in [-0.2, -0.15) is 0 Å². The lowest BCUT2D eigenvalue weighted by atomic mass is 10.00. The van der Waals surface area contributed by atoms with E-state index in [9.17, 15) is 14.0 Å². The van der Waals surface area contributed by atoms with Crippen LogP contribution in [0.1, 0.15) is 37.9 Å². The zero-order chi connectivity index (χ0) is 19.6. The molecule has 0 aromatic heterocycles. The fourth-order valence-electron chi connectivity index (χ4n) is 3.10.